The van der Waals surface area contributed by atoms with Gasteiger partial charge >= 0.3 is 0 Å². The van der Waals surface area contributed by atoms with E-state index < -0.39 is 10.0 Å². The number of methoxy groups -OCH3 is 1. The Hall–Kier alpha value is -1.94. The van der Waals surface area contributed by atoms with Crippen molar-refractivity contribution in [1.29, 1.82) is 0 Å². The van der Waals surface area contributed by atoms with E-state index in [0.717, 1.165) is 19.6 Å². The number of amides is 1. The molecule has 2 aromatic carbocycles. The van der Waals surface area contributed by atoms with Crippen molar-refractivity contribution in [3.05, 3.63) is 86.0 Å². The Balaban J connectivity index is 1.90. The molecule has 3 rings (SSSR count). The quantitative estimate of drug-likeness (QED) is 0.334. The Morgan fingerprint density at radius 2 is 1.76 bits per heavy atom. The van der Waals surface area contributed by atoms with Gasteiger partial charge in [-0.15, -0.1) is 11.3 Å². The van der Waals surface area contributed by atoms with Crippen molar-refractivity contribution in [2.75, 3.05) is 26.8 Å². The Kier molecular flexibility index (Phi) is 9.53. The van der Waals surface area contributed by atoms with E-state index in [1.54, 1.807) is 16.2 Å². The molecule has 0 atom stereocenters. The van der Waals surface area contributed by atoms with Gasteiger partial charge in [0.15, 0.2) is 0 Å². The molecule has 0 aliphatic heterocycles. The average Bonchev–Trinajstić information content (AvgIpc) is 3.22. The number of benzene rings is 2. The van der Waals surface area contributed by atoms with E-state index in [2.05, 4.69) is 0 Å². The molecule has 0 aliphatic rings. The van der Waals surface area contributed by atoms with Crippen LogP contribution in [0.3, 0.4) is 0 Å². The maximum atomic E-state index is 13.5. The van der Waals surface area contributed by atoms with Gasteiger partial charge in [-0.2, -0.15) is 4.31 Å². The second-order valence-corrected chi connectivity index (χ2v) is 11.8. The summed E-state index contributed by atoms with van der Waals surface area (Å²) in [5, 5.41) is 0.272. The number of thiophene rings is 1. The second kappa shape index (κ2) is 12.2. The Bertz CT molecular complexity index is 1220. The summed E-state index contributed by atoms with van der Waals surface area (Å²) in [7, 11) is -2.63. The van der Waals surface area contributed by atoms with Crippen LogP contribution in [0.2, 0.25) is 10.0 Å². The summed E-state index contributed by atoms with van der Waals surface area (Å²) in [4.78, 5) is 17.2. The standard InChI is InChI=1S/C24H26Cl2N2O4S2/c1-18-8-10-21(33-18)16-27(15-19-6-4-3-5-7-19)24(29)17-28(12-13-32-2)34(30,31)23-14-20(25)9-11-22(23)26/h3-11,14H,12-13,15-17H2,1-2H3. The van der Waals surface area contributed by atoms with E-state index in [4.69, 9.17) is 27.9 Å². The van der Waals surface area contributed by atoms with Crippen LogP contribution in [0.15, 0.2) is 65.6 Å². The van der Waals surface area contributed by atoms with Crippen LogP contribution in [0, 0.1) is 6.92 Å². The summed E-state index contributed by atoms with van der Waals surface area (Å²) in [5.74, 6) is -0.326. The van der Waals surface area contributed by atoms with Gasteiger partial charge in [0.25, 0.3) is 0 Å². The highest BCUT2D eigenvalue weighted by molar-refractivity contribution is 7.89. The van der Waals surface area contributed by atoms with E-state index in [1.807, 2.05) is 49.4 Å². The van der Waals surface area contributed by atoms with Crippen LogP contribution in [-0.2, 0) is 32.6 Å². The molecule has 0 saturated heterocycles. The first-order valence-corrected chi connectivity index (χ1v) is 13.5. The molecule has 0 bridgehead atoms. The van der Waals surface area contributed by atoms with Crippen LogP contribution in [0.5, 0.6) is 0 Å². The number of sulfonamides is 1. The Labute approximate surface area is 214 Å². The molecule has 10 heteroatoms. The summed E-state index contributed by atoms with van der Waals surface area (Å²) in [6.07, 6.45) is 0. The van der Waals surface area contributed by atoms with Crippen molar-refractivity contribution in [2.45, 2.75) is 24.9 Å². The molecular formula is C24H26Cl2N2O4S2. The fraction of sp³-hybridized carbons (Fsp3) is 0.292. The van der Waals surface area contributed by atoms with Gasteiger partial charge in [0, 0.05) is 35.0 Å². The predicted molar refractivity (Wildman–Crippen MR) is 137 cm³/mol. The third-order valence-electron chi connectivity index (χ3n) is 5.08. The number of hydrogen-bond donors (Lipinski definition) is 0. The monoisotopic (exact) mass is 540 g/mol. The number of halogens is 2. The van der Waals surface area contributed by atoms with Gasteiger partial charge in [-0.1, -0.05) is 53.5 Å². The largest absolute Gasteiger partial charge is 0.383 e. The molecule has 0 radical (unpaired) electrons. The number of carbonyl (C=O) groups is 1. The fourth-order valence-corrected chi connectivity index (χ4v) is 6.35. The summed E-state index contributed by atoms with van der Waals surface area (Å²) in [6.45, 7) is 2.49. The minimum atomic E-state index is -4.10. The van der Waals surface area contributed by atoms with E-state index in [1.165, 1.54) is 25.3 Å². The fourth-order valence-electron chi connectivity index (χ4n) is 3.34. The second-order valence-electron chi connectivity index (χ2n) is 7.65. The highest BCUT2D eigenvalue weighted by atomic mass is 35.5. The lowest BCUT2D eigenvalue weighted by Gasteiger charge is -2.27. The van der Waals surface area contributed by atoms with Crippen LogP contribution in [0.4, 0.5) is 0 Å². The molecule has 0 fully saturated rings. The molecule has 0 N–H and O–H groups in total. The van der Waals surface area contributed by atoms with Gasteiger partial charge in [0.05, 0.1) is 24.7 Å². The summed E-state index contributed by atoms with van der Waals surface area (Å²) >= 11 is 13.8. The van der Waals surface area contributed by atoms with Gasteiger partial charge in [-0.05, 0) is 42.8 Å². The molecule has 6 nitrogen and oxygen atoms in total. The molecule has 1 amide bonds. The van der Waals surface area contributed by atoms with Crippen molar-refractivity contribution in [1.82, 2.24) is 9.21 Å². The van der Waals surface area contributed by atoms with Crippen molar-refractivity contribution in [3.63, 3.8) is 0 Å². The zero-order valence-corrected chi connectivity index (χ0v) is 22.1. The van der Waals surface area contributed by atoms with Crippen molar-refractivity contribution in [2.24, 2.45) is 0 Å². The molecule has 3 aromatic rings. The first kappa shape index (κ1) is 26.7. The molecule has 0 unspecified atom stereocenters. The summed E-state index contributed by atoms with van der Waals surface area (Å²) in [6, 6.07) is 17.8. The zero-order valence-electron chi connectivity index (χ0n) is 18.9. The third kappa shape index (κ3) is 7.04. The van der Waals surface area contributed by atoms with Crippen molar-refractivity contribution < 1.29 is 17.9 Å². The average molecular weight is 542 g/mol. The number of carbonyl (C=O) groups excluding carboxylic acids is 1. The minimum absolute atomic E-state index is 0.00922. The van der Waals surface area contributed by atoms with E-state index >= 15 is 0 Å². The lowest BCUT2D eigenvalue weighted by molar-refractivity contribution is -0.132. The van der Waals surface area contributed by atoms with E-state index in [0.29, 0.717) is 13.1 Å². The van der Waals surface area contributed by atoms with Crippen LogP contribution >= 0.6 is 34.5 Å². The van der Waals surface area contributed by atoms with Gasteiger partial charge < -0.3 is 9.64 Å². The summed E-state index contributed by atoms with van der Waals surface area (Å²) in [5.41, 5.74) is 0.952. The topological polar surface area (TPSA) is 66.9 Å². The summed E-state index contributed by atoms with van der Waals surface area (Å²) < 4.78 is 33.1. The first-order valence-electron chi connectivity index (χ1n) is 10.5. The lowest BCUT2D eigenvalue weighted by atomic mass is 10.2. The number of hydrogen-bond acceptors (Lipinski definition) is 5. The van der Waals surface area contributed by atoms with Crippen LogP contribution in [-0.4, -0.2) is 50.3 Å². The number of ether oxygens (including phenoxy) is 1. The lowest BCUT2D eigenvalue weighted by Crippen LogP contribution is -2.43. The molecule has 34 heavy (non-hydrogen) atoms. The maximum absolute atomic E-state index is 13.5. The van der Waals surface area contributed by atoms with Crippen LogP contribution in [0.1, 0.15) is 15.3 Å². The van der Waals surface area contributed by atoms with E-state index in [9.17, 15) is 13.2 Å². The minimum Gasteiger partial charge on any atom is -0.383 e. The van der Waals surface area contributed by atoms with Gasteiger partial charge in [0.1, 0.15) is 4.90 Å². The smallest absolute Gasteiger partial charge is 0.245 e. The zero-order chi connectivity index (χ0) is 24.7. The van der Waals surface area contributed by atoms with Gasteiger partial charge in [-0.25, -0.2) is 8.42 Å². The molecule has 0 spiro atoms. The molecule has 0 saturated carbocycles. The van der Waals surface area contributed by atoms with Gasteiger partial charge in [0.2, 0.25) is 15.9 Å². The van der Waals surface area contributed by atoms with Crippen LogP contribution in [0.25, 0.3) is 0 Å². The van der Waals surface area contributed by atoms with Crippen molar-refractivity contribution >= 4 is 50.5 Å². The Morgan fingerprint density at radius 3 is 2.41 bits per heavy atom. The normalized spacial score (nSPS) is 11.7. The van der Waals surface area contributed by atoms with Crippen LogP contribution < -0.4 is 0 Å². The van der Waals surface area contributed by atoms with E-state index in [-0.39, 0.29) is 40.5 Å². The molecule has 1 aromatic heterocycles. The highest BCUT2D eigenvalue weighted by Gasteiger charge is 2.30. The maximum Gasteiger partial charge on any atom is 0.245 e. The SMILES string of the molecule is COCCN(CC(=O)N(Cc1ccccc1)Cc1ccc(C)s1)S(=O)(=O)c1cc(Cl)ccc1Cl. The number of rotatable bonds is 11. The van der Waals surface area contributed by atoms with Gasteiger partial charge in [-0.3, -0.25) is 4.79 Å². The Morgan fingerprint density at radius 1 is 1.03 bits per heavy atom. The highest BCUT2D eigenvalue weighted by Crippen LogP contribution is 2.28. The van der Waals surface area contributed by atoms with Crippen molar-refractivity contribution in [3.8, 4) is 0 Å². The number of aryl methyl sites for hydroxylation is 1. The molecular weight excluding hydrogens is 515 g/mol. The third-order valence-corrected chi connectivity index (χ3v) is 8.63. The molecule has 182 valence electrons. The predicted octanol–water partition coefficient (Wildman–Crippen LogP) is 5.23. The first-order chi connectivity index (χ1) is 16.2. The molecule has 1 heterocycles. The molecule has 0 aliphatic carbocycles. The number of nitrogens with zero attached hydrogens (tertiary/aromatic N) is 2.